The van der Waals surface area contributed by atoms with Gasteiger partial charge in [0.05, 0.1) is 4.47 Å². The van der Waals surface area contributed by atoms with Crippen molar-refractivity contribution >= 4 is 15.9 Å². The summed E-state index contributed by atoms with van der Waals surface area (Å²) in [6.07, 6.45) is 6.14. The van der Waals surface area contributed by atoms with Gasteiger partial charge in [0.25, 0.3) is 0 Å². The second kappa shape index (κ2) is 5.24. The van der Waals surface area contributed by atoms with E-state index in [9.17, 15) is 8.78 Å². The maximum absolute atomic E-state index is 13.2. The number of hydrogen-bond acceptors (Lipinski definition) is 1. The molecule has 2 N–H and O–H groups in total. The van der Waals surface area contributed by atoms with E-state index in [2.05, 4.69) is 21.9 Å². The molecule has 0 radical (unpaired) electrons. The van der Waals surface area contributed by atoms with Crippen LogP contribution in [0.25, 0.3) is 0 Å². The van der Waals surface area contributed by atoms with Crippen LogP contribution in [0.5, 0.6) is 0 Å². The highest BCUT2D eigenvalue weighted by atomic mass is 79.9. The lowest BCUT2D eigenvalue weighted by molar-refractivity contribution is 0.499. The minimum absolute atomic E-state index is 0.0759. The number of nitrogens with two attached hydrogens (primary N) is 1. The van der Waals surface area contributed by atoms with Gasteiger partial charge in [0.2, 0.25) is 0 Å². The van der Waals surface area contributed by atoms with E-state index >= 15 is 0 Å². The first kappa shape index (κ1) is 12.2. The molecule has 15 heavy (non-hydrogen) atoms. The molecule has 1 rings (SSSR count). The molecule has 0 fully saturated rings. The van der Waals surface area contributed by atoms with Crippen LogP contribution in [0.2, 0.25) is 0 Å². The van der Waals surface area contributed by atoms with Crippen LogP contribution in [-0.2, 0) is 0 Å². The summed E-state index contributed by atoms with van der Waals surface area (Å²) in [7, 11) is 0. The minimum Gasteiger partial charge on any atom is -0.324 e. The molecule has 0 aromatic heterocycles. The fraction of sp³-hybridized carbons (Fsp3) is 0.273. The SMILES string of the molecule is C#CCCC(N)c1ccc(F)c(F)c1Br. The monoisotopic (exact) mass is 273 g/mol. The zero-order chi connectivity index (χ0) is 11.4. The van der Waals surface area contributed by atoms with Crippen molar-refractivity contribution in [2.75, 3.05) is 0 Å². The maximum Gasteiger partial charge on any atom is 0.173 e. The Morgan fingerprint density at radius 1 is 1.47 bits per heavy atom. The Kier molecular flexibility index (Phi) is 4.25. The highest BCUT2D eigenvalue weighted by Crippen LogP contribution is 2.28. The summed E-state index contributed by atoms with van der Waals surface area (Å²) >= 11 is 2.98. The Morgan fingerprint density at radius 3 is 2.73 bits per heavy atom. The molecular formula is C11H10BrF2N. The normalized spacial score (nSPS) is 12.2. The maximum atomic E-state index is 13.2. The molecule has 80 valence electrons. The lowest BCUT2D eigenvalue weighted by Crippen LogP contribution is -2.11. The van der Waals surface area contributed by atoms with Crippen molar-refractivity contribution in [2.45, 2.75) is 18.9 Å². The molecule has 0 bridgehead atoms. The van der Waals surface area contributed by atoms with Gasteiger partial charge >= 0.3 is 0 Å². The zero-order valence-electron chi connectivity index (χ0n) is 7.93. The molecule has 0 saturated carbocycles. The van der Waals surface area contributed by atoms with Crippen LogP contribution in [0, 0.1) is 24.0 Å². The van der Waals surface area contributed by atoms with Crippen molar-refractivity contribution in [3.8, 4) is 12.3 Å². The molecule has 4 heteroatoms. The number of terminal acetylenes is 1. The van der Waals surface area contributed by atoms with E-state index in [-0.39, 0.29) is 10.5 Å². The summed E-state index contributed by atoms with van der Waals surface area (Å²) in [6, 6.07) is 2.14. The van der Waals surface area contributed by atoms with Crippen molar-refractivity contribution < 1.29 is 8.78 Å². The molecule has 0 heterocycles. The van der Waals surface area contributed by atoms with Crippen LogP contribution >= 0.6 is 15.9 Å². The van der Waals surface area contributed by atoms with Crippen LogP contribution in [0.3, 0.4) is 0 Å². The van der Waals surface area contributed by atoms with E-state index in [4.69, 9.17) is 12.2 Å². The standard InChI is InChI=1S/C11H10BrF2N/c1-2-3-4-9(15)7-5-6-8(13)11(14)10(7)12/h1,5-6,9H,3-4,15H2. The van der Waals surface area contributed by atoms with Crippen molar-refractivity contribution in [3.05, 3.63) is 33.8 Å². The van der Waals surface area contributed by atoms with Crippen molar-refractivity contribution in [1.29, 1.82) is 0 Å². The molecule has 1 nitrogen and oxygen atoms in total. The Balaban J connectivity index is 2.96. The predicted octanol–water partition coefficient (Wildman–Crippen LogP) is 3.14. The average molecular weight is 274 g/mol. The number of hydrogen-bond donors (Lipinski definition) is 1. The van der Waals surface area contributed by atoms with Gasteiger partial charge in [0, 0.05) is 12.5 Å². The van der Waals surface area contributed by atoms with E-state index in [0.29, 0.717) is 18.4 Å². The largest absolute Gasteiger partial charge is 0.324 e. The van der Waals surface area contributed by atoms with Gasteiger partial charge in [-0.25, -0.2) is 8.78 Å². The van der Waals surface area contributed by atoms with Crippen molar-refractivity contribution in [2.24, 2.45) is 5.73 Å². The smallest absolute Gasteiger partial charge is 0.173 e. The van der Waals surface area contributed by atoms with Gasteiger partial charge in [-0.2, -0.15) is 0 Å². The summed E-state index contributed by atoms with van der Waals surface area (Å²) in [4.78, 5) is 0. The third-order valence-electron chi connectivity index (χ3n) is 2.06. The number of rotatable bonds is 3. The lowest BCUT2D eigenvalue weighted by Gasteiger charge is -2.13. The van der Waals surface area contributed by atoms with Crippen molar-refractivity contribution in [3.63, 3.8) is 0 Å². The molecule has 1 aromatic rings. The number of halogens is 3. The second-order valence-corrected chi connectivity index (χ2v) is 3.91. The molecular weight excluding hydrogens is 264 g/mol. The van der Waals surface area contributed by atoms with E-state index < -0.39 is 11.6 Å². The Morgan fingerprint density at radius 2 is 2.13 bits per heavy atom. The van der Waals surface area contributed by atoms with Gasteiger partial charge in [-0.3, -0.25) is 0 Å². The Hall–Kier alpha value is -0.920. The summed E-state index contributed by atoms with van der Waals surface area (Å²) in [5.74, 6) is 0.644. The van der Waals surface area contributed by atoms with Crippen LogP contribution in [0.15, 0.2) is 16.6 Å². The van der Waals surface area contributed by atoms with Gasteiger partial charge in [0.15, 0.2) is 11.6 Å². The Bertz CT molecular complexity index is 398. The van der Waals surface area contributed by atoms with E-state index in [1.807, 2.05) is 0 Å². The topological polar surface area (TPSA) is 26.0 Å². The molecule has 0 aliphatic rings. The molecule has 0 amide bonds. The van der Waals surface area contributed by atoms with Crippen LogP contribution in [0.1, 0.15) is 24.4 Å². The summed E-state index contributed by atoms with van der Waals surface area (Å²) < 4.78 is 26.0. The summed E-state index contributed by atoms with van der Waals surface area (Å²) in [6.45, 7) is 0. The Labute approximate surface area is 95.8 Å². The van der Waals surface area contributed by atoms with Gasteiger partial charge in [0.1, 0.15) is 0 Å². The predicted molar refractivity (Wildman–Crippen MR) is 59.1 cm³/mol. The number of benzene rings is 1. The third kappa shape index (κ3) is 2.77. The second-order valence-electron chi connectivity index (χ2n) is 3.11. The quantitative estimate of drug-likeness (QED) is 0.665. The van der Waals surface area contributed by atoms with E-state index in [0.717, 1.165) is 6.07 Å². The van der Waals surface area contributed by atoms with Crippen molar-refractivity contribution in [1.82, 2.24) is 0 Å². The highest BCUT2D eigenvalue weighted by Gasteiger charge is 2.15. The van der Waals surface area contributed by atoms with E-state index in [1.165, 1.54) is 6.07 Å². The van der Waals surface area contributed by atoms with Gasteiger partial charge in [-0.15, -0.1) is 12.3 Å². The lowest BCUT2D eigenvalue weighted by atomic mass is 10.0. The first-order valence-corrected chi connectivity index (χ1v) is 5.19. The summed E-state index contributed by atoms with van der Waals surface area (Å²) in [5, 5.41) is 0. The van der Waals surface area contributed by atoms with Crippen LogP contribution < -0.4 is 5.73 Å². The fourth-order valence-electron chi connectivity index (χ4n) is 1.22. The van der Waals surface area contributed by atoms with Gasteiger partial charge in [-0.1, -0.05) is 6.07 Å². The van der Waals surface area contributed by atoms with Gasteiger partial charge in [-0.05, 0) is 34.0 Å². The zero-order valence-corrected chi connectivity index (χ0v) is 9.52. The molecule has 0 aliphatic carbocycles. The molecule has 0 spiro atoms. The third-order valence-corrected chi connectivity index (χ3v) is 2.87. The van der Waals surface area contributed by atoms with Crippen LogP contribution in [0.4, 0.5) is 8.78 Å². The van der Waals surface area contributed by atoms with Crippen LogP contribution in [-0.4, -0.2) is 0 Å². The fourth-order valence-corrected chi connectivity index (χ4v) is 1.84. The average Bonchev–Trinajstić information content (AvgIpc) is 2.23. The summed E-state index contributed by atoms with van der Waals surface area (Å²) in [5.41, 5.74) is 6.32. The van der Waals surface area contributed by atoms with E-state index in [1.54, 1.807) is 0 Å². The molecule has 0 saturated heterocycles. The molecule has 0 aliphatic heterocycles. The molecule has 1 aromatic carbocycles. The van der Waals surface area contributed by atoms with Gasteiger partial charge < -0.3 is 5.73 Å². The molecule has 1 atom stereocenters. The minimum atomic E-state index is -0.913. The first-order chi connectivity index (χ1) is 7.07. The molecule has 1 unspecified atom stereocenters. The first-order valence-electron chi connectivity index (χ1n) is 4.40. The highest BCUT2D eigenvalue weighted by molar-refractivity contribution is 9.10.